The van der Waals surface area contributed by atoms with Crippen LogP contribution in [-0.2, 0) is 0 Å². The SMILES string of the molecule is O=Cc1ccc(OCC=Cc2ccccc2)cn1. The van der Waals surface area contributed by atoms with E-state index in [0.29, 0.717) is 24.3 Å². The van der Waals surface area contributed by atoms with Gasteiger partial charge >= 0.3 is 0 Å². The first-order valence-corrected chi connectivity index (χ1v) is 5.64. The molecule has 1 heterocycles. The average Bonchev–Trinajstić information content (AvgIpc) is 2.45. The van der Waals surface area contributed by atoms with Crippen molar-refractivity contribution in [2.24, 2.45) is 0 Å². The van der Waals surface area contributed by atoms with Gasteiger partial charge in [-0.25, -0.2) is 4.98 Å². The molecule has 0 N–H and O–H groups in total. The van der Waals surface area contributed by atoms with Crippen molar-refractivity contribution in [3.63, 3.8) is 0 Å². The number of hydrogen-bond acceptors (Lipinski definition) is 3. The molecular weight excluding hydrogens is 226 g/mol. The van der Waals surface area contributed by atoms with Gasteiger partial charge < -0.3 is 4.74 Å². The van der Waals surface area contributed by atoms with Gasteiger partial charge in [-0.15, -0.1) is 0 Å². The summed E-state index contributed by atoms with van der Waals surface area (Å²) < 4.78 is 5.46. The summed E-state index contributed by atoms with van der Waals surface area (Å²) in [4.78, 5) is 14.3. The molecule has 0 atom stereocenters. The van der Waals surface area contributed by atoms with Crippen molar-refractivity contribution in [3.05, 3.63) is 66.0 Å². The minimum atomic E-state index is 0.405. The average molecular weight is 239 g/mol. The molecule has 3 heteroatoms. The molecule has 3 nitrogen and oxygen atoms in total. The van der Waals surface area contributed by atoms with Gasteiger partial charge in [-0.05, 0) is 23.8 Å². The summed E-state index contributed by atoms with van der Waals surface area (Å²) in [6.07, 6.45) is 6.18. The molecule has 2 aromatic rings. The standard InChI is InChI=1S/C15H13NO2/c17-12-14-8-9-15(11-16-14)18-10-4-7-13-5-2-1-3-6-13/h1-9,11-12H,10H2. The molecule has 90 valence electrons. The van der Waals surface area contributed by atoms with Crippen LogP contribution in [0.25, 0.3) is 6.08 Å². The molecule has 0 bridgehead atoms. The second-order valence-electron chi connectivity index (χ2n) is 3.66. The van der Waals surface area contributed by atoms with Crippen LogP contribution in [0, 0.1) is 0 Å². The highest BCUT2D eigenvalue weighted by molar-refractivity contribution is 5.71. The summed E-state index contributed by atoms with van der Waals surface area (Å²) in [5, 5.41) is 0. The Hall–Kier alpha value is -2.42. The second-order valence-corrected chi connectivity index (χ2v) is 3.66. The molecule has 2 rings (SSSR count). The molecule has 0 aliphatic rings. The monoisotopic (exact) mass is 239 g/mol. The summed E-state index contributed by atoms with van der Waals surface area (Å²) in [6, 6.07) is 13.4. The summed E-state index contributed by atoms with van der Waals surface area (Å²) in [7, 11) is 0. The van der Waals surface area contributed by atoms with Crippen LogP contribution >= 0.6 is 0 Å². The van der Waals surface area contributed by atoms with E-state index in [2.05, 4.69) is 4.98 Å². The van der Waals surface area contributed by atoms with E-state index in [0.717, 1.165) is 5.56 Å². The van der Waals surface area contributed by atoms with Crippen LogP contribution in [0.4, 0.5) is 0 Å². The fourth-order valence-corrected chi connectivity index (χ4v) is 1.44. The van der Waals surface area contributed by atoms with Crippen molar-refractivity contribution in [1.29, 1.82) is 0 Å². The molecule has 18 heavy (non-hydrogen) atoms. The van der Waals surface area contributed by atoms with Crippen LogP contribution in [0.3, 0.4) is 0 Å². The van der Waals surface area contributed by atoms with Crippen molar-refractivity contribution in [3.8, 4) is 5.75 Å². The second kappa shape index (κ2) is 6.35. The van der Waals surface area contributed by atoms with Gasteiger partial charge in [-0.3, -0.25) is 4.79 Å². The van der Waals surface area contributed by atoms with Gasteiger partial charge in [0.05, 0.1) is 6.20 Å². The minimum absolute atomic E-state index is 0.405. The van der Waals surface area contributed by atoms with Gasteiger partial charge in [0.15, 0.2) is 6.29 Å². The van der Waals surface area contributed by atoms with Crippen molar-refractivity contribution in [2.75, 3.05) is 6.61 Å². The fourth-order valence-electron chi connectivity index (χ4n) is 1.44. The zero-order valence-corrected chi connectivity index (χ0v) is 9.82. The number of hydrogen-bond donors (Lipinski definition) is 0. The van der Waals surface area contributed by atoms with E-state index in [1.54, 1.807) is 18.3 Å². The van der Waals surface area contributed by atoms with E-state index in [-0.39, 0.29) is 0 Å². The summed E-state index contributed by atoms with van der Waals surface area (Å²) in [6.45, 7) is 0.469. The van der Waals surface area contributed by atoms with Crippen LogP contribution in [0.5, 0.6) is 5.75 Å². The maximum Gasteiger partial charge on any atom is 0.168 e. The van der Waals surface area contributed by atoms with E-state index in [1.165, 1.54) is 0 Å². The molecule has 0 aliphatic heterocycles. The Labute approximate surface area is 106 Å². The third-order valence-corrected chi connectivity index (χ3v) is 2.34. The zero-order chi connectivity index (χ0) is 12.6. The lowest BCUT2D eigenvalue weighted by Gasteiger charge is -2.01. The van der Waals surface area contributed by atoms with Gasteiger partial charge in [0, 0.05) is 0 Å². The molecule has 0 radical (unpaired) electrons. The van der Waals surface area contributed by atoms with E-state index in [1.807, 2.05) is 42.5 Å². The third-order valence-electron chi connectivity index (χ3n) is 2.34. The molecule has 0 spiro atoms. The lowest BCUT2D eigenvalue weighted by molar-refractivity contribution is 0.111. The highest BCUT2D eigenvalue weighted by Crippen LogP contribution is 2.08. The van der Waals surface area contributed by atoms with E-state index in [9.17, 15) is 4.79 Å². The Kier molecular flexibility index (Phi) is 4.25. The number of aldehydes is 1. The minimum Gasteiger partial charge on any atom is -0.488 e. The van der Waals surface area contributed by atoms with Crippen molar-refractivity contribution >= 4 is 12.4 Å². The molecule has 1 aromatic carbocycles. The largest absolute Gasteiger partial charge is 0.488 e. The third kappa shape index (κ3) is 3.56. The number of carbonyl (C=O) groups excluding carboxylic acids is 1. The number of pyridine rings is 1. The smallest absolute Gasteiger partial charge is 0.168 e. The van der Waals surface area contributed by atoms with Gasteiger partial charge in [-0.2, -0.15) is 0 Å². The van der Waals surface area contributed by atoms with Crippen molar-refractivity contribution in [1.82, 2.24) is 4.98 Å². The van der Waals surface area contributed by atoms with Crippen molar-refractivity contribution < 1.29 is 9.53 Å². The number of rotatable bonds is 5. The number of ether oxygens (including phenoxy) is 1. The maximum atomic E-state index is 10.4. The first-order valence-electron chi connectivity index (χ1n) is 5.64. The molecular formula is C15H13NO2. The molecule has 0 unspecified atom stereocenters. The Balaban J connectivity index is 1.84. The fraction of sp³-hybridized carbons (Fsp3) is 0.0667. The van der Waals surface area contributed by atoms with Crippen LogP contribution in [0.2, 0.25) is 0 Å². The number of aromatic nitrogens is 1. The first-order chi connectivity index (χ1) is 8.88. The van der Waals surface area contributed by atoms with Gasteiger partial charge in [0.25, 0.3) is 0 Å². The molecule has 0 fully saturated rings. The molecule has 0 saturated heterocycles. The lowest BCUT2D eigenvalue weighted by Crippen LogP contribution is -1.95. The molecule has 0 amide bonds. The highest BCUT2D eigenvalue weighted by Gasteiger charge is 1.93. The number of carbonyl (C=O) groups is 1. The van der Waals surface area contributed by atoms with E-state index in [4.69, 9.17) is 4.74 Å². The Morgan fingerprint density at radius 2 is 1.94 bits per heavy atom. The number of benzene rings is 1. The maximum absolute atomic E-state index is 10.4. The normalized spacial score (nSPS) is 10.4. The quantitative estimate of drug-likeness (QED) is 0.753. The molecule has 0 saturated carbocycles. The Bertz CT molecular complexity index is 518. The summed E-state index contributed by atoms with van der Waals surface area (Å²) in [5.41, 5.74) is 1.54. The van der Waals surface area contributed by atoms with Crippen molar-refractivity contribution in [2.45, 2.75) is 0 Å². The van der Waals surface area contributed by atoms with Crippen LogP contribution in [0.15, 0.2) is 54.7 Å². The van der Waals surface area contributed by atoms with Gasteiger partial charge in [0.2, 0.25) is 0 Å². The number of nitrogens with zero attached hydrogens (tertiary/aromatic N) is 1. The first kappa shape index (κ1) is 12.0. The van der Waals surface area contributed by atoms with Gasteiger partial charge in [-0.1, -0.05) is 36.4 Å². The lowest BCUT2D eigenvalue weighted by atomic mass is 10.2. The summed E-state index contributed by atoms with van der Waals surface area (Å²) in [5.74, 6) is 0.651. The zero-order valence-electron chi connectivity index (χ0n) is 9.82. The predicted molar refractivity (Wildman–Crippen MR) is 70.6 cm³/mol. The highest BCUT2D eigenvalue weighted by atomic mass is 16.5. The van der Waals surface area contributed by atoms with Crippen LogP contribution in [0.1, 0.15) is 16.1 Å². The molecule has 0 aliphatic carbocycles. The summed E-state index contributed by atoms with van der Waals surface area (Å²) >= 11 is 0. The predicted octanol–water partition coefficient (Wildman–Crippen LogP) is 2.99. The topological polar surface area (TPSA) is 39.2 Å². The Morgan fingerprint density at radius 1 is 1.11 bits per heavy atom. The Morgan fingerprint density at radius 3 is 2.61 bits per heavy atom. The molecule has 1 aromatic heterocycles. The van der Waals surface area contributed by atoms with E-state index < -0.39 is 0 Å². The van der Waals surface area contributed by atoms with Crippen LogP contribution in [-0.4, -0.2) is 17.9 Å². The van der Waals surface area contributed by atoms with Crippen LogP contribution < -0.4 is 4.74 Å². The van der Waals surface area contributed by atoms with E-state index >= 15 is 0 Å². The van der Waals surface area contributed by atoms with Gasteiger partial charge in [0.1, 0.15) is 18.1 Å².